The topological polar surface area (TPSA) is 23.6 Å². The normalized spacial score (nSPS) is 17.8. The van der Waals surface area contributed by atoms with Crippen LogP contribution in [0.1, 0.15) is 34.6 Å². The lowest BCUT2D eigenvalue weighted by Gasteiger charge is -2.34. The molecule has 0 N–H and O–H groups in total. The van der Waals surface area contributed by atoms with Gasteiger partial charge < -0.3 is 4.90 Å². The SMILES string of the molecule is C/C=C(\C)CN1CCN(C(C)=O)CC1.CC. The first kappa shape index (κ1) is 15.2. The molecule has 3 nitrogen and oxygen atoms in total. The first-order valence-corrected chi connectivity index (χ1v) is 6.23. The fraction of sp³-hybridized carbons (Fsp3) is 0.769. The van der Waals surface area contributed by atoms with Crippen molar-refractivity contribution in [1.82, 2.24) is 9.80 Å². The van der Waals surface area contributed by atoms with Gasteiger partial charge in [0, 0.05) is 39.6 Å². The third kappa shape index (κ3) is 5.31. The second kappa shape index (κ2) is 8.34. The van der Waals surface area contributed by atoms with E-state index in [1.165, 1.54) is 5.57 Å². The second-order valence-corrected chi connectivity index (χ2v) is 3.92. The molecule has 0 radical (unpaired) electrons. The number of nitrogens with zero attached hydrogens (tertiary/aromatic N) is 2. The summed E-state index contributed by atoms with van der Waals surface area (Å²) in [7, 11) is 0. The summed E-state index contributed by atoms with van der Waals surface area (Å²) >= 11 is 0. The average molecular weight is 226 g/mol. The maximum Gasteiger partial charge on any atom is 0.219 e. The van der Waals surface area contributed by atoms with Crippen LogP contribution in [0.3, 0.4) is 0 Å². The maximum absolute atomic E-state index is 11.1. The first-order chi connectivity index (χ1) is 7.63. The summed E-state index contributed by atoms with van der Waals surface area (Å²) in [6, 6.07) is 0. The molecule has 1 saturated heterocycles. The Labute approximate surface area is 100 Å². The van der Waals surface area contributed by atoms with E-state index in [1.54, 1.807) is 6.92 Å². The van der Waals surface area contributed by atoms with Crippen molar-refractivity contribution in [2.24, 2.45) is 0 Å². The van der Waals surface area contributed by atoms with Crippen LogP contribution in [0.2, 0.25) is 0 Å². The molecule has 1 aliphatic heterocycles. The van der Waals surface area contributed by atoms with Crippen molar-refractivity contribution in [3.05, 3.63) is 11.6 Å². The lowest BCUT2D eigenvalue weighted by Crippen LogP contribution is -2.48. The van der Waals surface area contributed by atoms with Crippen LogP contribution in [-0.4, -0.2) is 48.4 Å². The molecule has 3 heteroatoms. The molecule has 0 aromatic heterocycles. The Bertz CT molecular complexity index is 228. The predicted octanol–water partition coefficient (Wildman–Crippen LogP) is 2.14. The van der Waals surface area contributed by atoms with Crippen LogP contribution in [0.15, 0.2) is 11.6 Å². The first-order valence-electron chi connectivity index (χ1n) is 6.23. The zero-order chi connectivity index (χ0) is 12.6. The minimum atomic E-state index is 0.201. The van der Waals surface area contributed by atoms with Gasteiger partial charge in [0.05, 0.1) is 0 Å². The highest BCUT2D eigenvalue weighted by atomic mass is 16.2. The Balaban J connectivity index is 0.00000106. The third-order valence-electron chi connectivity index (χ3n) is 2.78. The molecule has 16 heavy (non-hydrogen) atoms. The average Bonchev–Trinajstić information content (AvgIpc) is 2.32. The molecule has 0 aromatic rings. The van der Waals surface area contributed by atoms with E-state index < -0.39 is 0 Å². The number of carbonyl (C=O) groups excluding carboxylic acids is 1. The number of allylic oxidation sites excluding steroid dienone is 1. The number of hydrogen-bond acceptors (Lipinski definition) is 2. The Hall–Kier alpha value is -0.830. The van der Waals surface area contributed by atoms with Crippen molar-refractivity contribution < 1.29 is 4.79 Å². The third-order valence-corrected chi connectivity index (χ3v) is 2.78. The molecule has 94 valence electrons. The van der Waals surface area contributed by atoms with E-state index >= 15 is 0 Å². The van der Waals surface area contributed by atoms with Crippen molar-refractivity contribution in [2.45, 2.75) is 34.6 Å². The fourth-order valence-corrected chi connectivity index (χ4v) is 1.66. The fourth-order valence-electron chi connectivity index (χ4n) is 1.66. The molecule has 0 unspecified atom stereocenters. The minimum Gasteiger partial charge on any atom is -0.340 e. The highest BCUT2D eigenvalue weighted by molar-refractivity contribution is 5.73. The standard InChI is InChI=1S/C11H20N2O.C2H6/c1-4-10(2)9-12-5-7-13(8-6-12)11(3)14;1-2/h4H,5-9H2,1-3H3;1-2H3/b10-4+;. The van der Waals surface area contributed by atoms with Crippen molar-refractivity contribution in [2.75, 3.05) is 32.7 Å². The zero-order valence-corrected chi connectivity index (χ0v) is 11.4. The van der Waals surface area contributed by atoms with Gasteiger partial charge in [-0.1, -0.05) is 25.5 Å². The van der Waals surface area contributed by atoms with E-state index in [9.17, 15) is 4.79 Å². The maximum atomic E-state index is 11.1. The van der Waals surface area contributed by atoms with Gasteiger partial charge in [-0.3, -0.25) is 9.69 Å². The minimum absolute atomic E-state index is 0.201. The number of amides is 1. The van der Waals surface area contributed by atoms with Crippen LogP contribution >= 0.6 is 0 Å². The summed E-state index contributed by atoms with van der Waals surface area (Å²) in [5.41, 5.74) is 1.40. The largest absolute Gasteiger partial charge is 0.340 e. The number of hydrogen-bond donors (Lipinski definition) is 0. The summed E-state index contributed by atoms with van der Waals surface area (Å²) in [5.74, 6) is 0.201. The molecule has 0 aromatic carbocycles. The quantitative estimate of drug-likeness (QED) is 0.674. The molecule has 1 aliphatic rings. The number of piperazine rings is 1. The van der Waals surface area contributed by atoms with Crippen molar-refractivity contribution in [3.63, 3.8) is 0 Å². The highest BCUT2D eigenvalue weighted by Gasteiger charge is 2.17. The van der Waals surface area contributed by atoms with Crippen LogP contribution in [0.5, 0.6) is 0 Å². The van der Waals surface area contributed by atoms with Crippen molar-refractivity contribution in [1.29, 1.82) is 0 Å². The molecule has 1 heterocycles. The van der Waals surface area contributed by atoms with Crippen LogP contribution < -0.4 is 0 Å². The van der Waals surface area contributed by atoms with Gasteiger partial charge >= 0.3 is 0 Å². The molecule has 0 aliphatic carbocycles. The van der Waals surface area contributed by atoms with Crippen LogP contribution in [0, 0.1) is 0 Å². The Morgan fingerprint density at radius 1 is 1.12 bits per heavy atom. The molecule has 1 amide bonds. The number of carbonyl (C=O) groups is 1. The van der Waals surface area contributed by atoms with Gasteiger partial charge in [-0.25, -0.2) is 0 Å². The lowest BCUT2D eigenvalue weighted by molar-refractivity contribution is -0.130. The van der Waals surface area contributed by atoms with Crippen LogP contribution in [-0.2, 0) is 4.79 Å². The van der Waals surface area contributed by atoms with Crippen LogP contribution in [0.25, 0.3) is 0 Å². The van der Waals surface area contributed by atoms with Gasteiger partial charge in [-0.05, 0) is 13.8 Å². The van der Waals surface area contributed by atoms with E-state index in [4.69, 9.17) is 0 Å². The Morgan fingerprint density at radius 2 is 1.62 bits per heavy atom. The molecule has 1 rings (SSSR count). The highest BCUT2D eigenvalue weighted by Crippen LogP contribution is 2.04. The molecule has 1 fully saturated rings. The van der Waals surface area contributed by atoms with Gasteiger partial charge in [0.15, 0.2) is 0 Å². The van der Waals surface area contributed by atoms with E-state index in [2.05, 4.69) is 24.8 Å². The molecular formula is C13H26N2O. The summed E-state index contributed by atoms with van der Waals surface area (Å²) < 4.78 is 0. The Morgan fingerprint density at radius 3 is 2.00 bits per heavy atom. The van der Waals surface area contributed by atoms with Gasteiger partial charge in [0.25, 0.3) is 0 Å². The summed E-state index contributed by atoms with van der Waals surface area (Å²) in [4.78, 5) is 15.4. The molecule has 0 atom stereocenters. The van der Waals surface area contributed by atoms with E-state index in [0.29, 0.717) is 0 Å². The molecule has 0 bridgehead atoms. The van der Waals surface area contributed by atoms with Gasteiger partial charge in [-0.2, -0.15) is 0 Å². The van der Waals surface area contributed by atoms with E-state index in [-0.39, 0.29) is 5.91 Å². The molecule has 0 saturated carbocycles. The lowest BCUT2D eigenvalue weighted by atomic mass is 10.2. The summed E-state index contributed by atoms with van der Waals surface area (Å²) in [6.07, 6.45) is 2.15. The Kier molecular flexibility index (Phi) is 7.90. The van der Waals surface area contributed by atoms with E-state index in [1.807, 2.05) is 18.7 Å². The van der Waals surface area contributed by atoms with Crippen LogP contribution in [0.4, 0.5) is 0 Å². The van der Waals surface area contributed by atoms with E-state index in [0.717, 1.165) is 32.7 Å². The summed E-state index contributed by atoms with van der Waals surface area (Å²) in [6.45, 7) is 14.7. The van der Waals surface area contributed by atoms with Gasteiger partial charge in [-0.15, -0.1) is 0 Å². The number of rotatable bonds is 2. The zero-order valence-electron chi connectivity index (χ0n) is 11.4. The van der Waals surface area contributed by atoms with Crippen molar-refractivity contribution >= 4 is 5.91 Å². The smallest absolute Gasteiger partial charge is 0.219 e. The van der Waals surface area contributed by atoms with Gasteiger partial charge in [0.2, 0.25) is 5.91 Å². The second-order valence-electron chi connectivity index (χ2n) is 3.92. The van der Waals surface area contributed by atoms with Gasteiger partial charge in [0.1, 0.15) is 0 Å². The molecule has 0 spiro atoms. The monoisotopic (exact) mass is 226 g/mol. The summed E-state index contributed by atoms with van der Waals surface area (Å²) in [5, 5.41) is 0. The van der Waals surface area contributed by atoms with Crippen molar-refractivity contribution in [3.8, 4) is 0 Å². The molecular weight excluding hydrogens is 200 g/mol. The predicted molar refractivity (Wildman–Crippen MR) is 69.5 cm³/mol.